The lowest BCUT2D eigenvalue weighted by Crippen LogP contribution is -2.05. The molecule has 5 heteroatoms. The predicted molar refractivity (Wildman–Crippen MR) is 164 cm³/mol. The number of benzene rings is 3. The summed E-state index contributed by atoms with van der Waals surface area (Å²) >= 11 is 0. The van der Waals surface area contributed by atoms with Gasteiger partial charge in [-0.15, -0.1) is 0 Å². The van der Waals surface area contributed by atoms with Gasteiger partial charge in [-0.25, -0.2) is 0 Å². The van der Waals surface area contributed by atoms with Gasteiger partial charge in [-0.1, -0.05) is 54.8 Å². The van der Waals surface area contributed by atoms with Crippen LogP contribution in [0.1, 0.15) is 48.2 Å². The highest BCUT2D eigenvalue weighted by Crippen LogP contribution is 2.28. The standard InChI is InChI=1S/C34H38N4O/c1-24-13-15-31-29(19-24)33(20-25(2)37-31)35-17-9-4-5-10-18-36-34-21-26(3)38-32-16-14-28(22-30(32)34)39-23-27-11-7-6-8-12-27/h6-8,11-16,19-22H,4-5,9-10,17-18,23H2,1-3H3,(H,35,37)(H,36,38). The molecular formula is C34H38N4O. The third-order valence-corrected chi connectivity index (χ3v) is 6.98. The van der Waals surface area contributed by atoms with Gasteiger partial charge in [-0.05, 0) is 81.6 Å². The van der Waals surface area contributed by atoms with Gasteiger partial charge in [0.15, 0.2) is 0 Å². The van der Waals surface area contributed by atoms with Gasteiger partial charge in [-0.2, -0.15) is 0 Å². The fourth-order valence-electron chi connectivity index (χ4n) is 4.98. The molecule has 5 aromatic rings. The number of hydrogen-bond donors (Lipinski definition) is 2. The Morgan fingerprint density at radius 1 is 0.615 bits per heavy atom. The highest BCUT2D eigenvalue weighted by Gasteiger charge is 2.07. The minimum atomic E-state index is 0.555. The maximum Gasteiger partial charge on any atom is 0.120 e. The molecule has 5 rings (SSSR count). The summed E-state index contributed by atoms with van der Waals surface area (Å²) in [4.78, 5) is 9.39. The second-order valence-electron chi connectivity index (χ2n) is 10.4. The average molecular weight is 519 g/mol. The first-order valence-corrected chi connectivity index (χ1v) is 14.0. The number of ether oxygens (including phenoxy) is 1. The Morgan fingerprint density at radius 2 is 1.21 bits per heavy atom. The molecule has 5 nitrogen and oxygen atoms in total. The van der Waals surface area contributed by atoms with Gasteiger partial charge < -0.3 is 15.4 Å². The second-order valence-corrected chi connectivity index (χ2v) is 10.4. The molecule has 39 heavy (non-hydrogen) atoms. The number of aryl methyl sites for hydroxylation is 3. The van der Waals surface area contributed by atoms with Crippen molar-refractivity contribution < 1.29 is 4.74 Å². The van der Waals surface area contributed by atoms with Gasteiger partial charge in [-0.3, -0.25) is 9.97 Å². The van der Waals surface area contributed by atoms with E-state index >= 15 is 0 Å². The van der Waals surface area contributed by atoms with Crippen molar-refractivity contribution in [2.75, 3.05) is 23.7 Å². The number of nitrogens with one attached hydrogen (secondary N) is 2. The van der Waals surface area contributed by atoms with Crippen LogP contribution in [0.4, 0.5) is 11.4 Å². The fourth-order valence-corrected chi connectivity index (χ4v) is 4.98. The normalized spacial score (nSPS) is 11.2. The first kappa shape index (κ1) is 26.5. The molecule has 0 saturated heterocycles. The molecule has 0 aliphatic rings. The lowest BCUT2D eigenvalue weighted by atomic mass is 10.1. The maximum absolute atomic E-state index is 6.07. The Bertz CT molecular complexity index is 1550. The maximum atomic E-state index is 6.07. The molecule has 3 aromatic carbocycles. The first-order valence-electron chi connectivity index (χ1n) is 14.0. The van der Waals surface area contributed by atoms with Gasteiger partial charge >= 0.3 is 0 Å². The van der Waals surface area contributed by atoms with Gasteiger partial charge in [0.1, 0.15) is 12.4 Å². The Balaban J connectivity index is 1.10. The molecule has 200 valence electrons. The van der Waals surface area contributed by atoms with E-state index in [9.17, 15) is 0 Å². The largest absolute Gasteiger partial charge is 0.489 e. The van der Waals surface area contributed by atoms with E-state index in [-0.39, 0.29) is 0 Å². The van der Waals surface area contributed by atoms with Crippen LogP contribution < -0.4 is 15.4 Å². The van der Waals surface area contributed by atoms with E-state index in [0.717, 1.165) is 70.7 Å². The summed E-state index contributed by atoms with van der Waals surface area (Å²) in [6, 6.07) is 27.2. The van der Waals surface area contributed by atoms with Gasteiger partial charge in [0.05, 0.1) is 11.0 Å². The number of nitrogens with zero attached hydrogens (tertiary/aromatic N) is 2. The number of pyridine rings is 2. The molecule has 2 N–H and O–H groups in total. The summed E-state index contributed by atoms with van der Waals surface area (Å²) in [6.45, 7) is 8.70. The lowest BCUT2D eigenvalue weighted by molar-refractivity contribution is 0.306. The highest BCUT2D eigenvalue weighted by molar-refractivity contribution is 5.93. The van der Waals surface area contributed by atoms with E-state index in [0.29, 0.717) is 6.61 Å². The van der Waals surface area contributed by atoms with Crippen LogP contribution in [0.2, 0.25) is 0 Å². The number of aromatic nitrogens is 2. The van der Waals surface area contributed by atoms with Gasteiger partial charge in [0.25, 0.3) is 0 Å². The smallest absolute Gasteiger partial charge is 0.120 e. The SMILES string of the molecule is Cc1ccc2nc(C)cc(NCCCCCCNc3cc(C)nc4ccc(OCc5ccccc5)cc34)c2c1. The Hall–Kier alpha value is -4.12. The number of anilines is 2. The summed E-state index contributed by atoms with van der Waals surface area (Å²) in [5.74, 6) is 0.861. The summed E-state index contributed by atoms with van der Waals surface area (Å²) in [7, 11) is 0. The predicted octanol–water partition coefficient (Wildman–Crippen LogP) is 8.37. The Labute approximate surface area is 231 Å². The van der Waals surface area contributed by atoms with E-state index in [1.54, 1.807) is 0 Å². The Kier molecular flexibility index (Phi) is 8.57. The minimum absolute atomic E-state index is 0.555. The summed E-state index contributed by atoms with van der Waals surface area (Å²) in [5.41, 5.74) is 8.85. The van der Waals surface area contributed by atoms with Gasteiger partial charge in [0, 0.05) is 46.6 Å². The second kappa shape index (κ2) is 12.6. The van der Waals surface area contributed by atoms with E-state index < -0.39 is 0 Å². The van der Waals surface area contributed by atoms with Crippen molar-refractivity contribution >= 4 is 33.2 Å². The molecule has 0 atom stereocenters. The molecule has 0 saturated carbocycles. The molecule has 0 amide bonds. The van der Waals surface area contributed by atoms with Crippen LogP contribution in [0, 0.1) is 20.8 Å². The third kappa shape index (κ3) is 7.05. The number of fused-ring (bicyclic) bond motifs is 2. The zero-order valence-electron chi connectivity index (χ0n) is 23.3. The average Bonchev–Trinajstić information content (AvgIpc) is 2.94. The van der Waals surface area contributed by atoms with Gasteiger partial charge in [0.2, 0.25) is 0 Å². The fraction of sp³-hybridized carbons (Fsp3) is 0.294. The van der Waals surface area contributed by atoms with Crippen LogP contribution in [0.5, 0.6) is 5.75 Å². The molecule has 0 fully saturated rings. The zero-order valence-corrected chi connectivity index (χ0v) is 23.3. The van der Waals surface area contributed by atoms with Crippen molar-refractivity contribution in [2.24, 2.45) is 0 Å². The molecule has 0 radical (unpaired) electrons. The van der Waals surface area contributed by atoms with Crippen LogP contribution in [-0.4, -0.2) is 23.1 Å². The van der Waals surface area contributed by atoms with Crippen molar-refractivity contribution in [3.63, 3.8) is 0 Å². The summed E-state index contributed by atoms with van der Waals surface area (Å²) in [5, 5.41) is 9.62. The van der Waals surface area contributed by atoms with Crippen LogP contribution >= 0.6 is 0 Å². The minimum Gasteiger partial charge on any atom is -0.489 e. The van der Waals surface area contributed by atoms with E-state index in [2.05, 4.69) is 84.1 Å². The van der Waals surface area contributed by atoms with Crippen LogP contribution in [0.3, 0.4) is 0 Å². The quantitative estimate of drug-likeness (QED) is 0.162. The molecule has 0 unspecified atom stereocenters. The van der Waals surface area contributed by atoms with Crippen molar-refractivity contribution in [1.82, 2.24) is 9.97 Å². The van der Waals surface area contributed by atoms with E-state index in [1.807, 2.05) is 31.2 Å². The molecule has 0 spiro atoms. The molecule has 2 heterocycles. The summed E-state index contributed by atoms with van der Waals surface area (Å²) in [6.07, 6.45) is 4.66. The number of hydrogen-bond acceptors (Lipinski definition) is 5. The monoisotopic (exact) mass is 518 g/mol. The van der Waals surface area contributed by atoms with Crippen LogP contribution in [0.15, 0.2) is 78.9 Å². The number of unbranched alkanes of at least 4 members (excludes halogenated alkanes) is 3. The third-order valence-electron chi connectivity index (χ3n) is 6.98. The van der Waals surface area contributed by atoms with Crippen molar-refractivity contribution in [3.05, 3.63) is 101 Å². The van der Waals surface area contributed by atoms with Crippen molar-refractivity contribution in [3.8, 4) is 5.75 Å². The van der Waals surface area contributed by atoms with Crippen molar-refractivity contribution in [1.29, 1.82) is 0 Å². The highest BCUT2D eigenvalue weighted by atomic mass is 16.5. The first-order chi connectivity index (χ1) is 19.0. The number of rotatable bonds is 12. The molecular weight excluding hydrogens is 480 g/mol. The van der Waals surface area contributed by atoms with E-state index in [4.69, 9.17) is 9.72 Å². The molecule has 2 aromatic heterocycles. The summed E-state index contributed by atoms with van der Waals surface area (Å²) < 4.78 is 6.07. The topological polar surface area (TPSA) is 59.1 Å². The lowest BCUT2D eigenvalue weighted by Gasteiger charge is -2.13. The Morgan fingerprint density at radius 3 is 1.85 bits per heavy atom. The zero-order chi connectivity index (χ0) is 27.0. The van der Waals surface area contributed by atoms with E-state index in [1.165, 1.54) is 29.5 Å². The molecule has 0 aliphatic carbocycles. The molecule has 0 bridgehead atoms. The van der Waals surface area contributed by atoms with Crippen LogP contribution in [-0.2, 0) is 6.61 Å². The van der Waals surface area contributed by atoms with Crippen molar-refractivity contribution in [2.45, 2.75) is 53.1 Å². The van der Waals surface area contributed by atoms with Crippen LogP contribution in [0.25, 0.3) is 21.8 Å². The molecule has 0 aliphatic heterocycles.